The van der Waals surface area contributed by atoms with Gasteiger partial charge in [0, 0.05) is 13.0 Å². The zero-order valence-corrected chi connectivity index (χ0v) is 11.2. The zero-order valence-electron chi connectivity index (χ0n) is 11.2. The molecular weight excluding hydrogens is 212 g/mol. The predicted molar refractivity (Wildman–Crippen MR) is 68.6 cm³/mol. The summed E-state index contributed by atoms with van der Waals surface area (Å²) in [5.41, 5.74) is 6.16. The molecule has 1 heterocycles. The molecule has 4 heteroatoms. The summed E-state index contributed by atoms with van der Waals surface area (Å²) in [5, 5.41) is 4.56. The van der Waals surface area contributed by atoms with E-state index in [0.717, 1.165) is 11.6 Å². The molecular formula is C13H24N4. The van der Waals surface area contributed by atoms with Crippen molar-refractivity contribution < 1.29 is 0 Å². The van der Waals surface area contributed by atoms with E-state index >= 15 is 0 Å². The molecule has 0 aliphatic heterocycles. The smallest absolute Gasteiger partial charge is 0.154 e. The van der Waals surface area contributed by atoms with Crippen LogP contribution < -0.4 is 5.73 Å². The van der Waals surface area contributed by atoms with E-state index in [1.807, 2.05) is 11.7 Å². The highest BCUT2D eigenvalue weighted by molar-refractivity contribution is 5.04. The SMILES string of the molecule is CC(C)C(N)c1nc(C2CCCCC2)nn1C. The van der Waals surface area contributed by atoms with Crippen molar-refractivity contribution in [3.05, 3.63) is 11.6 Å². The second kappa shape index (κ2) is 5.17. The van der Waals surface area contributed by atoms with Crippen LogP contribution in [0.15, 0.2) is 0 Å². The van der Waals surface area contributed by atoms with Gasteiger partial charge in [0.05, 0.1) is 6.04 Å². The summed E-state index contributed by atoms with van der Waals surface area (Å²) >= 11 is 0. The quantitative estimate of drug-likeness (QED) is 0.877. The first-order valence-electron chi connectivity index (χ1n) is 6.76. The van der Waals surface area contributed by atoms with Gasteiger partial charge in [0.1, 0.15) is 5.82 Å². The number of aryl methyl sites for hydroxylation is 1. The minimum atomic E-state index is -0.00941. The molecule has 0 aromatic carbocycles. The van der Waals surface area contributed by atoms with Gasteiger partial charge in [0.25, 0.3) is 0 Å². The molecule has 17 heavy (non-hydrogen) atoms. The summed E-state index contributed by atoms with van der Waals surface area (Å²) in [5.74, 6) is 2.90. The highest BCUT2D eigenvalue weighted by Gasteiger charge is 2.23. The predicted octanol–water partition coefficient (Wildman–Crippen LogP) is 2.52. The fourth-order valence-corrected chi connectivity index (χ4v) is 2.54. The summed E-state index contributed by atoms with van der Waals surface area (Å²) in [6.07, 6.45) is 6.46. The number of rotatable bonds is 3. The molecule has 0 bridgehead atoms. The van der Waals surface area contributed by atoms with E-state index in [1.54, 1.807) is 0 Å². The van der Waals surface area contributed by atoms with E-state index in [-0.39, 0.29) is 6.04 Å². The number of hydrogen-bond donors (Lipinski definition) is 1. The Morgan fingerprint density at radius 1 is 1.24 bits per heavy atom. The second-order valence-electron chi connectivity index (χ2n) is 5.56. The van der Waals surface area contributed by atoms with E-state index in [1.165, 1.54) is 32.1 Å². The molecule has 4 nitrogen and oxygen atoms in total. The Balaban J connectivity index is 2.17. The van der Waals surface area contributed by atoms with Gasteiger partial charge in [-0.25, -0.2) is 4.98 Å². The standard InChI is InChI=1S/C13H24N4/c1-9(2)11(14)13-15-12(16-17(13)3)10-7-5-4-6-8-10/h9-11H,4-8,14H2,1-3H3. The molecule has 1 atom stereocenters. The molecule has 2 N–H and O–H groups in total. The van der Waals surface area contributed by atoms with E-state index in [2.05, 4.69) is 23.9 Å². The van der Waals surface area contributed by atoms with Crippen LogP contribution in [0.5, 0.6) is 0 Å². The maximum Gasteiger partial charge on any atom is 0.154 e. The van der Waals surface area contributed by atoms with Crippen LogP contribution >= 0.6 is 0 Å². The molecule has 0 amide bonds. The van der Waals surface area contributed by atoms with Crippen LogP contribution in [-0.2, 0) is 7.05 Å². The summed E-state index contributed by atoms with van der Waals surface area (Å²) in [6, 6.07) is -0.00941. The lowest BCUT2D eigenvalue weighted by atomic mass is 9.89. The van der Waals surface area contributed by atoms with Crippen molar-refractivity contribution in [3.63, 3.8) is 0 Å². The van der Waals surface area contributed by atoms with Gasteiger partial charge in [-0.1, -0.05) is 33.1 Å². The third kappa shape index (κ3) is 2.68. The van der Waals surface area contributed by atoms with Crippen LogP contribution in [0.1, 0.15) is 69.6 Å². The Kier molecular flexibility index (Phi) is 3.82. The Labute approximate surface area is 104 Å². The van der Waals surface area contributed by atoms with Crippen molar-refractivity contribution >= 4 is 0 Å². The summed E-state index contributed by atoms with van der Waals surface area (Å²) < 4.78 is 1.87. The average molecular weight is 236 g/mol. The molecule has 0 saturated heterocycles. The van der Waals surface area contributed by atoms with Crippen LogP contribution in [0.4, 0.5) is 0 Å². The van der Waals surface area contributed by atoms with Crippen LogP contribution in [0.25, 0.3) is 0 Å². The van der Waals surface area contributed by atoms with Crippen molar-refractivity contribution in [1.82, 2.24) is 14.8 Å². The molecule has 1 aliphatic rings. The lowest BCUT2D eigenvalue weighted by molar-refractivity contribution is 0.427. The molecule has 0 spiro atoms. The largest absolute Gasteiger partial charge is 0.321 e. The fourth-order valence-electron chi connectivity index (χ4n) is 2.54. The first-order chi connectivity index (χ1) is 8.09. The second-order valence-corrected chi connectivity index (χ2v) is 5.56. The normalized spacial score (nSPS) is 19.8. The minimum absolute atomic E-state index is 0.00941. The number of hydrogen-bond acceptors (Lipinski definition) is 3. The molecule has 1 fully saturated rings. The van der Waals surface area contributed by atoms with Crippen molar-refractivity contribution in [3.8, 4) is 0 Å². The number of nitrogens with two attached hydrogens (primary N) is 1. The van der Waals surface area contributed by atoms with Crippen molar-refractivity contribution in [2.24, 2.45) is 18.7 Å². The van der Waals surface area contributed by atoms with Crippen LogP contribution in [0.3, 0.4) is 0 Å². The third-order valence-corrected chi connectivity index (χ3v) is 3.80. The van der Waals surface area contributed by atoms with Gasteiger partial charge in [-0.2, -0.15) is 5.10 Å². The molecule has 0 radical (unpaired) electrons. The lowest BCUT2D eigenvalue weighted by Crippen LogP contribution is -2.21. The monoisotopic (exact) mass is 236 g/mol. The first-order valence-corrected chi connectivity index (χ1v) is 6.76. The summed E-state index contributed by atoms with van der Waals surface area (Å²) in [6.45, 7) is 4.25. The van der Waals surface area contributed by atoms with Crippen molar-refractivity contribution in [1.29, 1.82) is 0 Å². The molecule has 2 rings (SSSR count). The van der Waals surface area contributed by atoms with Crippen LogP contribution in [-0.4, -0.2) is 14.8 Å². The summed E-state index contributed by atoms with van der Waals surface area (Å²) in [4.78, 5) is 4.68. The van der Waals surface area contributed by atoms with E-state index < -0.39 is 0 Å². The summed E-state index contributed by atoms with van der Waals surface area (Å²) in [7, 11) is 1.96. The van der Waals surface area contributed by atoms with Gasteiger partial charge in [0.2, 0.25) is 0 Å². The van der Waals surface area contributed by atoms with Gasteiger partial charge in [0.15, 0.2) is 5.82 Å². The highest BCUT2D eigenvalue weighted by atomic mass is 15.3. The van der Waals surface area contributed by atoms with Gasteiger partial charge in [-0.3, -0.25) is 4.68 Å². The van der Waals surface area contributed by atoms with E-state index in [4.69, 9.17) is 5.73 Å². The van der Waals surface area contributed by atoms with Gasteiger partial charge >= 0.3 is 0 Å². The highest BCUT2D eigenvalue weighted by Crippen LogP contribution is 2.31. The molecule has 1 unspecified atom stereocenters. The minimum Gasteiger partial charge on any atom is -0.321 e. The average Bonchev–Trinajstić information content (AvgIpc) is 2.71. The van der Waals surface area contributed by atoms with Gasteiger partial charge < -0.3 is 5.73 Å². The van der Waals surface area contributed by atoms with Gasteiger partial charge in [-0.05, 0) is 18.8 Å². The maximum absolute atomic E-state index is 6.16. The lowest BCUT2D eigenvalue weighted by Gasteiger charge is -2.18. The first kappa shape index (κ1) is 12.6. The van der Waals surface area contributed by atoms with Gasteiger partial charge in [-0.15, -0.1) is 0 Å². The molecule has 1 aromatic rings. The van der Waals surface area contributed by atoms with Crippen LogP contribution in [0, 0.1) is 5.92 Å². The van der Waals surface area contributed by atoms with Crippen LogP contribution in [0.2, 0.25) is 0 Å². The van der Waals surface area contributed by atoms with Crippen molar-refractivity contribution in [2.75, 3.05) is 0 Å². The third-order valence-electron chi connectivity index (χ3n) is 3.80. The number of aromatic nitrogens is 3. The Bertz CT molecular complexity index is 363. The maximum atomic E-state index is 6.16. The topological polar surface area (TPSA) is 56.7 Å². The number of nitrogens with zero attached hydrogens (tertiary/aromatic N) is 3. The van der Waals surface area contributed by atoms with E-state index in [0.29, 0.717) is 11.8 Å². The Morgan fingerprint density at radius 3 is 2.47 bits per heavy atom. The molecule has 1 aliphatic carbocycles. The van der Waals surface area contributed by atoms with Crippen molar-refractivity contribution in [2.45, 2.75) is 57.9 Å². The molecule has 1 aromatic heterocycles. The zero-order chi connectivity index (χ0) is 12.4. The molecule has 1 saturated carbocycles. The molecule has 96 valence electrons. The Hall–Kier alpha value is -0.900. The van der Waals surface area contributed by atoms with E-state index in [9.17, 15) is 0 Å². The Morgan fingerprint density at radius 2 is 1.88 bits per heavy atom. The fraction of sp³-hybridized carbons (Fsp3) is 0.846.